The molecule has 0 aliphatic carbocycles. The van der Waals surface area contributed by atoms with Gasteiger partial charge in [0.15, 0.2) is 4.34 Å². The fourth-order valence-corrected chi connectivity index (χ4v) is 4.22. The van der Waals surface area contributed by atoms with Gasteiger partial charge < -0.3 is 14.6 Å². The van der Waals surface area contributed by atoms with Crippen LogP contribution in [0.15, 0.2) is 33.1 Å². The smallest absolute Gasteiger partial charge is 0.237 e. The first-order chi connectivity index (χ1) is 12.8. The van der Waals surface area contributed by atoms with Crippen molar-refractivity contribution >= 4 is 39.8 Å². The average Bonchev–Trinajstić information content (AvgIpc) is 3.40. The van der Waals surface area contributed by atoms with Crippen molar-refractivity contribution in [3.05, 3.63) is 35.2 Å². The van der Waals surface area contributed by atoms with Gasteiger partial charge in [-0.3, -0.25) is 0 Å². The van der Waals surface area contributed by atoms with Gasteiger partial charge in [-0.2, -0.15) is 4.98 Å². The Labute approximate surface area is 163 Å². The molecule has 1 atom stereocenters. The summed E-state index contributed by atoms with van der Waals surface area (Å²) in [5.74, 6) is 1.64. The van der Waals surface area contributed by atoms with Crippen LogP contribution in [0.3, 0.4) is 0 Å². The van der Waals surface area contributed by atoms with E-state index in [4.69, 9.17) is 20.9 Å². The van der Waals surface area contributed by atoms with E-state index in [1.807, 2.05) is 12.1 Å². The first-order valence-corrected chi connectivity index (χ1v) is 10.3. The van der Waals surface area contributed by atoms with Crippen molar-refractivity contribution in [2.24, 2.45) is 0 Å². The summed E-state index contributed by atoms with van der Waals surface area (Å²) in [6.45, 7) is 1.62. The molecule has 0 bridgehead atoms. The summed E-state index contributed by atoms with van der Waals surface area (Å²) in [5, 5.41) is 17.1. The van der Waals surface area contributed by atoms with Gasteiger partial charge in [-0.25, -0.2) is 0 Å². The van der Waals surface area contributed by atoms with Gasteiger partial charge in [-0.05, 0) is 37.1 Å². The molecule has 1 aliphatic rings. The van der Waals surface area contributed by atoms with Gasteiger partial charge in [0, 0.05) is 23.7 Å². The van der Waals surface area contributed by atoms with Crippen LogP contribution >= 0.6 is 34.7 Å². The Kier molecular flexibility index (Phi) is 5.68. The summed E-state index contributed by atoms with van der Waals surface area (Å²) in [6, 6.07) is 7.32. The number of thioether (sulfide) groups is 1. The molecular weight excluding hydrogens is 394 g/mol. The molecule has 0 spiro atoms. The lowest BCUT2D eigenvalue weighted by atomic mass is 10.2. The number of nitrogens with one attached hydrogen (secondary N) is 1. The number of hydrogen-bond donors (Lipinski definition) is 1. The molecule has 1 fully saturated rings. The van der Waals surface area contributed by atoms with Crippen molar-refractivity contribution in [1.82, 2.24) is 20.3 Å². The van der Waals surface area contributed by atoms with Crippen LogP contribution in [0, 0.1) is 0 Å². The molecule has 2 aromatic heterocycles. The molecule has 136 valence electrons. The van der Waals surface area contributed by atoms with Crippen molar-refractivity contribution in [2.45, 2.75) is 29.0 Å². The normalized spacial score (nSPS) is 16.9. The number of halogens is 1. The summed E-state index contributed by atoms with van der Waals surface area (Å²) in [6.07, 6.45) is 2.51. The zero-order chi connectivity index (χ0) is 17.8. The highest BCUT2D eigenvalue weighted by Gasteiger charge is 2.16. The minimum Gasteiger partial charge on any atom is -0.376 e. The van der Waals surface area contributed by atoms with Crippen molar-refractivity contribution in [1.29, 1.82) is 0 Å². The summed E-state index contributed by atoms with van der Waals surface area (Å²) < 4.78 is 11.7. The Bertz CT molecular complexity index is 848. The Morgan fingerprint density at radius 2 is 2.15 bits per heavy atom. The molecule has 26 heavy (non-hydrogen) atoms. The van der Waals surface area contributed by atoms with Crippen molar-refractivity contribution < 1.29 is 9.26 Å². The Morgan fingerprint density at radius 1 is 1.27 bits per heavy atom. The number of aromatic nitrogens is 4. The molecule has 3 heterocycles. The van der Waals surface area contributed by atoms with Gasteiger partial charge in [-0.1, -0.05) is 39.9 Å². The SMILES string of the molecule is Clc1ccc(-c2noc(CSc3nnc(NCC4CCCO4)s3)n2)cc1. The van der Waals surface area contributed by atoms with E-state index in [0.29, 0.717) is 22.5 Å². The fourth-order valence-electron chi connectivity index (χ4n) is 2.50. The molecule has 1 aliphatic heterocycles. The molecule has 0 radical (unpaired) electrons. The van der Waals surface area contributed by atoms with Crippen LogP contribution in [-0.4, -0.2) is 39.6 Å². The number of rotatable bonds is 7. The highest BCUT2D eigenvalue weighted by atomic mass is 35.5. The molecule has 1 saturated heterocycles. The van der Waals surface area contributed by atoms with Crippen LogP contribution in [0.1, 0.15) is 18.7 Å². The summed E-state index contributed by atoms with van der Waals surface area (Å²) in [7, 11) is 0. The standard InChI is InChI=1S/C16H16ClN5O2S2/c17-11-5-3-10(4-6-11)14-19-13(24-22-14)9-25-16-21-20-15(26-16)18-8-12-2-1-7-23-12/h3-6,12H,1-2,7-9H2,(H,18,20). The minimum absolute atomic E-state index is 0.277. The maximum atomic E-state index is 5.89. The van der Waals surface area contributed by atoms with Crippen molar-refractivity contribution in [3.8, 4) is 11.4 Å². The second kappa shape index (κ2) is 8.34. The summed E-state index contributed by atoms with van der Waals surface area (Å²) in [5.41, 5.74) is 0.867. The molecule has 0 saturated carbocycles. The quantitative estimate of drug-likeness (QED) is 0.583. The van der Waals surface area contributed by atoms with E-state index in [1.165, 1.54) is 23.1 Å². The highest BCUT2D eigenvalue weighted by molar-refractivity contribution is 8.00. The van der Waals surface area contributed by atoms with Gasteiger partial charge in [0.1, 0.15) is 0 Å². The molecule has 3 aromatic rings. The third-order valence-electron chi connectivity index (χ3n) is 3.80. The van der Waals surface area contributed by atoms with E-state index in [0.717, 1.165) is 41.0 Å². The second-order valence-electron chi connectivity index (χ2n) is 5.70. The molecular formula is C16H16ClN5O2S2. The Balaban J connectivity index is 1.29. The molecule has 1 N–H and O–H groups in total. The Hall–Kier alpha value is -1.68. The summed E-state index contributed by atoms with van der Waals surface area (Å²) in [4.78, 5) is 4.40. The van der Waals surface area contributed by atoms with Crippen LogP contribution in [0.4, 0.5) is 5.13 Å². The number of hydrogen-bond acceptors (Lipinski definition) is 9. The van der Waals surface area contributed by atoms with Crippen LogP contribution in [0.5, 0.6) is 0 Å². The third kappa shape index (κ3) is 4.53. The first-order valence-electron chi connectivity index (χ1n) is 8.16. The Morgan fingerprint density at radius 3 is 2.96 bits per heavy atom. The lowest BCUT2D eigenvalue weighted by molar-refractivity contribution is 0.120. The lowest BCUT2D eigenvalue weighted by Crippen LogP contribution is -2.18. The highest BCUT2D eigenvalue weighted by Crippen LogP contribution is 2.29. The summed E-state index contributed by atoms with van der Waals surface area (Å²) >= 11 is 8.92. The van der Waals surface area contributed by atoms with Crippen LogP contribution in [-0.2, 0) is 10.5 Å². The second-order valence-corrected chi connectivity index (χ2v) is 8.33. The van der Waals surface area contributed by atoms with E-state index in [9.17, 15) is 0 Å². The van der Waals surface area contributed by atoms with Crippen molar-refractivity contribution in [3.63, 3.8) is 0 Å². The van der Waals surface area contributed by atoms with Crippen LogP contribution in [0.2, 0.25) is 5.02 Å². The van der Waals surface area contributed by atoms with Gasteiger partial charge in [0.05, 0.1) is 11.9 Å². The lowest BCUT2D eigenvalue weighted by Gasteiger charge is -2.08. The van der Waals surface area contributed by atoms with Crippen LogP contribution in [0.25, 0.3) is 11.4 Å². The van der Waals surface area contributed by atoms with Gasteiger partial charge in [-0.15, -0.1) is 10.2 Å². The van der Waals surface area contributed by atoms with E-state index in [1.54, 1.807) is 12.1 Å². The topological polar surface area (TPSA) is 86.0 Å². The molecule has 4 rings (SSSR count). The van der Waals surface area contributed by atoms with Crippen LogP contribution < -0.4 is 5.32 Å². The zero-order valence-electron chi connectivity index (χ0n) is 13.7. The van der Waals surface area contributed by atoms with Crippen molar-refractivity contribution in [2.75, 3.05) is 18.5 Å². The van der Waals surface area contributed by atoms with Gasteiger partial charge in [0.2, 0.25) is 16.8 Å². The molecule has 10 heteroatoms. The predicted octanol–water partition coefficient (Wildman–Crippen LogP) is 4.12. The largest absolute Gasteiger partial charge is 0.376 e. The van der Waals surface area contributed by atoms with E-state index < -0.39 is 0 Å². The van der Waals surface area contributed by atoms with E-state index in [-0.39, 0.29) is 6.10 Å². The molecule has 7 nitrogen and oxygen atoms in total. The average molecular weight is 410 g/mol. The first kappa shape index (κ1) is 17.7. The minimum atomic E-state index is 0.277. The zero-order valence-corrected chi connectivity index (χ0v) is 16.1. The maximum Gasteiger partial charge on any atom is 0.237 e. The maximum absolute atomic E-state index is 5.89. The monoisotopic (exact) mass is 409 g/mol. The number of benzene rings is 1. The van der Waals surface area contributed by atoms with E-state index >= 15 is 0 Å². The third-order valence-corrected chi connectivity index (χ3v) is 6.05. The van der Waals surface area contributed by atoms with Gasteiger partial charge in [0.25, 0.3) is 0 Å². The number of nitrogens with zero attached hydrogens (tertiary/aromatic N) is 4. The molecule has 1 unspecified atom stereocenters. The molecule has 0 amide bonds. The van der Waals surface area contributed by atoms with E-state index in [2.05, 4.69) is 25.7 Å². The fraction of sp³-hybridized carbons (Fsp3) is 0.375. The van der Waals surface area contributed by atoms with Gasteiger partial charge >= 0.3 is 0 Å². The molecule has 1 aromatic carbocycles. The predicted molar refractivity (Wildman–Crippen MR) is 102 cm³/mol. The number of anilines is 1. The number of ether oxygens (including phenoxy) is 1.